The number of ether oxygens (including phenoxy) is 2. The highest BCUT2D eigenvalue weighted by molar-refractivity contribution is 5.73. The highest BCUT2D eigenvalue weighted by Crippen LogP contribution is 1.95. The molecule has 6 heteroatoms. The third-order valence-corrected chi connectivity index (χ3v) is 1.02. The molecule has 14 heavy (non-hydrogen) atoms. The zero-order valence-corrected chi connectivity index (χ0v) is 8.52. The van der Waals surface area contributed by atoms with Crippen LogP contribution < -0.4 is 0 Å². The van der Waals surface area contributed by atoms with Crippen molar-refractivity contribution in [3.05, 3.63) is 0 Å². The average molecular weight is 202 g/mol. The van der Waals surface area contributed by atoms with Crippen molar-refractivity contribution in [2.24, 2.45) is 16.1 Å². The molecule has 0 saturated carbocycles. The number of carbonyl (C=O) groups excluding carboxylic acids is 2. The second kappa shape index (κ2) is 6.99. The standard InChI is InChI=1S/C8H14N2O4/c1-4-13-7(11)9-10-8(12)14-5-6(2)3/h6H,4-5H2,1-3H3. The van der Waals surface area contributed by atoms with Gasteiger partial charge in [-0.3, -0.25) is 0 Å². The van der Waals surface area contributed by atoms with E-state index >= 15 is 0 Å². The molecule has 0 aromatic heterocycles. The van der Waals surface area contributed by atoms with E-state index in [9.17, 15) is 9.59 Å². The predicted octanol–water partition coefficient (Wildman–Crippen LogP) is 2.39. The van der Waals surface area contributed by atoms with Gasteiger partial charge in [0.05, 0.1) is 13.2 Å². The molecule has 0 rings (SSSR count). The van der Waals surface area contributed by atoms with Crippen LogP contribution in [0.2, 0.25) is 0 Å². The van der Waals surface area contributed by atoms with Crippen molar-refractivity contribution in [2.45, 2.75) is 20.8 Å². The summed E-state index contributed by atoms with van der Waals surface area (Å²) < 4.78 is 9.04. The van der Waals surface area contributed by atoms with Crippen LogP contribution >= 0.6 is 0 Å². The Balaban J connectivity index is 3.76. The van der Waals surface area contributed by atoms with Gasteiger partial charge in [-0.1, -0.05) is 24.1 Å². The average Bonchev–Trinajstić information content (AvgIpc) is 2.12. The van der Waals surface area contributed by atoms with Gasteiger partial charge in [0.15, 0.2) is 0 Å². The fourth-order valence-corrected chi connectivity index (χ4v) is 0.501. The summed E-state index contributed by atoms with van der Waals surface area (Å²) in [5, 5.41) is 5.99. The van der Waals surface area contributed by atoms with Gasteiger partial charge in [0.1, 0.15) is 0 Å². The number of rotatable bonds is 3. The molecule has 6 nitrogen and oxygen atoms in total. The molecule has 0 aliphatic carbocycles. The topological polar surface area (TPSA) is 77.3 Å². The van der Waals surface area contributed by atoms with Gasteiger partial charge in [0.2, 0.25) is 0 Å². The Morgan fingerprint density at radius 1 is 1.14 bits per heavy atom. The molecular formula is C8H14N2O4. The number of azo groups is 1. The molecule has 0 bridgehead atoms. The van der Waals surface area contributed by atoms with Crippen molar-refractivity contribution < 1.29 is 19.1 Å². The van der Waals surface area contributed by atoms with Crippen LogP contribution in [0.15, 0.2) is 10.2 Å². The fraction of sp³-hybridized carbons (Fsp3) is 0.750. The van der Waals surface area contributed by atoms with Gasteiger partial charge >= 0.3 is 12.2 Å². The first-order chi connectivity index (χ1) is 6.56. The minimum absolute atomic E-state index is 0.193. The van der Waals surface area contributed by atoms with Crippen LogP contribution in [0, 0.1) is 5.92 Å². The molecule has 0 atom stereocenters. The first-order valence-electron chi connectivity index (χ1n) is 4.31. The van der Waals surface area contributed by atoms with Crippen LogP contribution in [0.4, 0.5) is 9.59 Å². The van der Waals surface area contributed by atoms with Gasteiger partial charge in [-0.25, -0.2) is 9.59 Å². The Morgan fingerprint density at radius 2 is 1.64 bits per heavy atom. The summed E-state index contributed by atoms with van der Waals surface area (Å²) in [4.78, 5) is 21.4. The van der Waals surface area contributed by atoms with Gasteiger partial charge in [0, 0.05) is 0 Å². The zero-order chi connectivity index (χ0) is 11.0. The van der Waals surface area contributed by atoms with Crippen LogP contribution in [0.3, 0.4) is 0 Å². The molecule has 2 amide bonds. The predicted molar refractivity (Wildman–Crippen MR) is 48.1 cm³/mol. The van der Waals surface area contributed by atoms with E-state index in [4.69, 9.17) is 0 Å². The normalized spacial score (nSPS) is 10.6. The van der Waals surface area contributed by atoms with Gasteiger partial charge in [-0.15, -0.1) is 0 Å². The maximum Gasteiger partial charge on any atom is 0.452 e. The summed E-state index contributed by atoms with van der Waals surface area (Å²) in [7, 11) is 0. The summed E-state index contributed by atoms with van der Waals surface area (Å²) in [6.07, 6.45) is -1.78. The Morgan fingerprint density at radius 3 is 2.07 bits per heavy atom. The van der Waals surface area contributed by atoms with Crippen molar-refractivity contribution in [2.75, 3.05) is 13.2 Å². The Hall–Kier alpha value is -1.46. The lowest BCUT2D eigenvalue weighted by molar-refractivity contribution is 0.138. The van der Waals surface area contributed by atoms with Gasteiger partial charge < -0.3 is 9.47 Å². The van der Waals surface area contributed by atoms with Crippen molar-refractivity contribution in [3.63, 3.8) is 0 Å². The number of hydrogen-bond acceptors (Lipinski definition) is 4. The van der Waals surface area contributed by atoms with Crippen molar-refractivity contribution >= 4 is 12.2 Å². The second-order valence-corrected chi connectivity index (χ2v) is 2.87. The summed E-state index contributed by atoms with van der Waals surface area (Å²) in [5.74, 6) is 0.219. The zero-order valence-electron chi connectivity index (χ0n) is 8.52. The third kappa shape index (κ3) is 7.20. The van der Waals surface area contributed by atoms with Gasteiger partial charge in [0.25, 0.3) is 0 Å². The van der Waals surface area contributed by atoms with Crippen LogP contribution in [0.1, 0.15) is 20.8 Å². The highest BCUT2D eigenvalue weighted by Gasteiger charge is 2.03. The molecule has 0 saturated heterocycles. The lowest BCUT2D eigenvalue weighted by Crippen LogP contribution is -2.06. The largest absolute Gasteiger partial charge is 0.452 e. The molecule has 0 spiro atoms. The maximum absolute atomic E-state index is 10.8. The van der Waals surface area contributed by atoms with Crippen molar-refractivity contribution in [1.29, 1.82) is 0 Å². The molecular weight excluding hydrogens is 188 g/mol. The van der Waals surface area contributed by atoms with Crippen LogP contribution in [0.5, 0.6) is 0 Å². The smallest absolute Gasteiger partial charge is 0.447 e. The highest BCUT2D eigenvalue weighted by atomic mass is 16.6. The van der Waals surface area contributed by atoms with E-state index in [1.807, 2.05) is 13.8 Å². The van der Waals surface area contributed by atoms with E-state index in [1.165, 1.54) is 0 Å². The number of hydrogen-bond donors (Lipinski definition) is 0. The van der Waals surface area contributed by atoms with Gasteiger partial charge in [-0.05, 0) is 12.8 Å². The SMILES string of the molecule is CCOC(=O)N=NC(=O)OCC(C)C. The third-order valence-electron chi connectivity index (χ3n) is 1.02. The molecule has 0 heterocycles. The summed E-state index contributed by atoms with van der Waals surface area (Å²) in [6, 6.07) is 0. The summed E-state index contributed by atoms with van der Waals surface area (Å²) in [5.41, 5.74) is 0. The molecule has 0 N–H and O–H groups in total. The monoisotopic (exact) mass is 202 g/mol. The van der Waals surface area contributed by atoms with E-state index in [-0.39, 0.29) is 19.1 Å². The lowest BCUT2D eigenvalue weighted by atomic mass is 10.2. The fourth-order valence-electron chi connectivity index (χ4n) is 0.501. The van der Waals surface area contributed by atoms with Crippen LogP contribution in [0.25, 0.3) is 0 Å². The van der Waals surface area contributed by atoms with Crippen LogP contribution in [-0.4, -0.2) is 25.4 Å². The van der Waals surface area contributed by atoms with E-state index in [1.54, 1.807) is 6.92 Å². The quantitative estimate of drug-likeness (QED) is 0.658. The first-order valence-corrected chi connectivity index (χ1v) is 4.31. The second-order valence-electron chi connectivity index (χ2n) is 2.87. The maximum atomic E-state index is 10.8. The molecule has 0 aromatic rings. The molecule has 0 fully saturated rings. The molecule has 80 valence electrons. The molecule has 0 unspecified atom stereocenters. The van der Waals surface area contributed by atoms with Gasteiger partial charge in [-0.2, -0.15) is 0 Å². The number of carbonyl (C=O) groups is 2. The van der Waals surface area contributed by atoms with E-state index < -0.39 is 12.2 Å². The Labute approximate surface area is 82.3 Å². The van der Waals surface area contributed by atoms with E-state index in [0.29, 0.717) is 0 Å². The van der Waals surface area contributed by atoms with Crippen molar-refractivity contribution in [3.8, 4) is 0 Å². The number of amides is 2. The first kappa shape index (κ1) is 12.5. The van der Waals surface area contributed by atoms with E-state index in [0.717, 1.165) is 0 Å². The molecule has 0 aliphatic heterocycles. The van der Waals surface area contributed by atoms with Crippen LogP contribution in [-0.2, 0) is 9.47 Å². The Kier molecular flexibility index (Phi) is 6.26. The van der Waals surface area contributed by atoms with E-state index in [2.05, 4.69) is 19.7 Å². The minimum Gasteiger partial charge on any atom is -0.447 e. The Bertz CT molecular complexity index is 225. The number of nitrogens with zero attached hydrogens (tertiary/aromatic N) is 2. The summed E-state index contributed by atoms with van der Waals surface area (Å²) in [6.45, 7) is 5.84. The lowest BCUT2D eigenvalue weighted by Gasteiger charge is -2.02. The molecule has 0 aliphatic rings. The molecule has 0 aromatic carbocycles. The molecule has 0 radical (unpaired) electrons. The van der Waals surface area contributed by atoms with Crippen molar-refractivity contribution in [1.82, 2.24) is 0 Å². The summed E-state index contributed by atoms with van der Waals surface area (Å²) >= 11 is 0. The minimum atomic E-state index is -0.894.